The Morgan fingerprint density at radius 2 is 1.74 bits per heavy atom. The van der Waals surface area contributed by atoms with Gasteiger partial charge in [0, 0.05) is 17.3 Å². The number of carbonyl (C=O) groups excluding carboxylic acids is 1. The molecule has 4 rings (SSSR count). The first-order valence-corrected chi connectivity index (χ1v) is 9.85. The molecule has 0 radical (unpaired) electrons. The summed E-state index contributed by atoms with van der Waals surface area (Å²) in [4.78, 5) is 16.8. The van der Waals surface area contributed by atoms with E-state index in [1.54, 1.807) is 49.6 Å². The first-order valence-electron chi connectivity index (χ1n) is 9.85. The summed E-state index contributed by atoms with van der Waals surface area (Å²) in [6.07, 6.45) is 0. The predicted octanol–water partition coefficient (Wildman–Crippen LogP) is 4.92. The van der Waals surface area contributed by atoms with Gasteiger partial charge in [-0.15, -0.1) is 0 Å². The Bertz CT molecular complexity index is 1180. The van der Waals surface area contributed by atoms with Gasteiger partial charge in [0.2, 0.25) is 5.89 Å². The molecule has 7 heteroatoms. The Morgan fingerprint density at radius 3 is 2.48 bits per heavy atom. The molecule has 7 nitrogen and oxygen atoms in total. The largest absolute Gasteiger partial charge is 0.497 e. The highest BCUT2D eigenvalue weighted by molar-refractivity contribution is 5.93. The van der Waals surface area contributed by atoms with Gasteiger partial charge < -0.3 is 23.9 Å². The minimum atomic E-state index is -0.277. The number of carbonyl (C=O) groups is 1. The monoisotopic (exact) mass is 418 g/mol. The zero-order chi connectivity index (χ0) is 21.6. The van der Waals surface area contributed by atoms with Crippen molar-refractivity contribution in [1.29, 1.82) is 0 Å². The van der Waals surface area contributed by atoms with E-state index in [2.05, 4.69) is 10.3 Å². The van der Waals surface area contributed by atoms with Crippen LogP contribution in [0, 0.1) is 0 Å². The maximum Gasteiger partial charge on any atom is 0.262 e. The summed E-state index contributed by atoms with van der Waals surface area (Å²) in [7, 11) is 1.61. The van der Waals surface area contributed by atoms with Crippen LogP contribution < -0.4 is 19.5 Å². The van der Waals surface area contributed by atoms with Gasteiger partial charge in [0.15, 0.2) is 12.2 Å². The third-order valence-corrected chi connectivity index (χ3v) is 4.49. The second-order valence-corrected chi connectivity index (χ2v) is 6.67. The molecule has 0 saturated heterocycles. The molecule has 0 fully saturated rings. The topological polar surface area (TPSA) is 82.8 Å². The van der Waals surface area contributed by atoms with Crippen LogP contribution in [0.2, 0.25) is 0 Å². The number of rotatable bonds is 8. The van der Waals surface area contributed by atoms with Gasteiger partial charge in [0.1, 0.15) is 22.8 Å². The predicted molar refractivity (Wildman–Crippen MR) is 118 cm³/mol. The summed E-state index contributed by atoms with van der Waals surface area (Å²) in [6.45, 7) is 2.40. The van der Waals surface area contributed by atoms with Crippen LogP contribution in [0.25, 0.3) is 22.6 Å². The van der Waals surface area contributed by atoms with Gasteiger partial charge >= 0.3 is 0 Å². The molecule has 0 saturated carbocycles. The first kappa shape index (κ1) is 20.3. The van der Waals surface area contributed by atoms with Crippen molar-refractivity contribution >= 4 is 22.7 Å². The minimum absolute atomic E-state index is 0.114. The Balaban J connectivity index is 1.40. The summed E-state index contributed by atoms with van der Waals surface area (Å²) in [6, 6.07) is 19.9. The number of methoxy groups -OCH3 is 1. The van der Waals surface area contributed by atoms with E-state index in [4.69, 9.17) is 18.6 Å². The molecule has 3 aromatic carbocycles. The number of oxazole rings is 1. The second kappa shape index (κ2) is 9.21. The van der Waals surface area contributed by atoms with Gasteiger partial charge in [-0.25, -0.2) is 4.98 Å². The first-order chi connectivity index (χ1) is 15.1. The Kier molecular flexibility index (Phi) is 6.03. The summed E-state index contributed by atoms with van der Waals surface area (Å²) >= 11 is 0. The number of nitrogens with zero attached hydrogens (tertiary/aromatic N) is 1. The van der Waals surface area contributed by atoms with Crippen LogP contribution in [0.4, 0.5) is 5.69 Å². The van der Waals surface area contributed by atoms with E-state index >= 15 is 0 Å². The highest BCUT2D eigenvalue weighted by atomic mass is 16.5. The molecular formula is C24H22N2O5. The number of amides is 1. The number of hydrogen-bond donors (Lipinski definition) is 1. The molecule has 31 heavy (non-hydrogen) atoms. The number of fused-ring (bicyclic) bond motifs is 1. The lowest BCUT2D eigenvalue weighted by atomic mass is 10.2. The van der Waals surface area contributed by atoms with Gasteiger partial charge in [-0.2, -0.15) is 0 Å². The van der Waals surface area contributed by atoms with E-state index in [0.29, 0.717) is 35.0 Å². The maximum absolute atomic E-state index is 12.3. The number of benzene rings is 3. The van der Waals surface area contributed by atoms with Gasteiger partial charge in [-0.05, 0) is 61.5 Å². The maximum atomic E-state index is 12.3. The Hall–Kier alpha value is -4.00. The van der Waals surface area contributed by atoms with Crippen molar-refractivity contribution in [3.8, 4) is 28.7 Å². The third-order valence-electron chi connectivity index (χ3n) is 4.49. The number of ether oxygens (including phenoxy) is 3. The van der Waals surface area contributed by atoms with Crippen LogP contribution >= 0.6 is 0 Å². The number of nitrogens with one attached hydrogen (secondary N) is 1. The molecule has 1 amide bonds. The molecule has 0 aliphatic carbocycles. The average molecular weight is 418 g/mol. The zero-order valence-electron chi connectivity index (χ0n) is 17.3. The fourth-order valence-electron chi connectivity index (χ4n) is 3.03. The molecule has 4 aromatic rings. The van der Waals surface area contributed by atoms with E-state index < -0.39 is 0 Å². The lowest BCUT2D eigenvalue weighted by molar-refractivity contribution is -0.118. The molecule has 0 aliphatic heterocycles. The molecule has 0 bridgehead atoms. The van der Waals surface area contributed by atoms with Crippen LogP contribution in [0.1, 0.15) is 6.92 Å². The zero-order valence-corrected chi connectivity index (χ0v) is 17.3. The minimum Gasteiger partial charge on any atom is -0.497 e. The van der Waals surface area contributed by atoms with Gasteiger partial charge in [-0.1, -0.05) is 6.07 Å². The average Bonchev–Trinajstić information content (AvgIpc) is 3.22. The Morgan fingerprint density at radius 1 is 0.968 bits per heavy atom. The summed E-state index contributed by atoms with van der Waals surface area (Å²) in [5, 5.41) is 2.81. The molecular weight excluding hydrogens is 396 g/mol. The third kappa shape index (κ3) is 4.95. The van der Waals surface area contributed by atoms with Crippen molar-refractivity contribution in [1.82, 2.24) is 4.98 Å². The second-order valence-electron chi connectivity index (χ2n) is 6.67. The molecule has 0 atom stereocenters. The fraction of sp³-hybridized carbons (Fsp3) is 0.167. The molecule has 0 unspecified atom stereocenters. The molecule has 158 valence electrons. The Labute approximate surface area is 179 Å². The normalized spacial score (nSPS) is 10.6. The summed E-state index contributed by atoms with van der Waals surface area (Å²) in [5.74, 6) is 2.28. The van der Waals surface area contributed by atoms with Crippen molar-refractivity contribution < 1.29 is 23.4 Å². The molecule has 1 heterocycles. The summed E-state index contributed by atoms with van der Waals surface area (Å²) < 4.78 is 22.0. The van der Waals surface area contributed by atoms with Crippen molar-refractivity contribution in [2.24, 2.45) is 0 Å². The van der Waals surface area contributed by atoms with Crippen molar-refractivity contribution in [2.45, 2.75) is 6.92 Å². The van der Waals surface area contributed by atoms with E-state index in [1.165, 1.54) is 0 Å². The molecule has 1 N–H and O–H groups in total. The van der Waals surface area contributed by atoms with Crippen LogP contribution in [0.15, 0.2) is 71.1 Å². The number of aromatic nitrogens is 1. The smallest absolute Gasteiger partial charge is 0.262 e. The van der Waals surface area contributed by atoms with Crippen LogP contribution in [-0.4, -0.2) is 31.2 Å². The molecule has 0 aliphatic rings. The van der Waals surface area contributed by atoms with Crippen molar-refractivity contribution in [2.75, 3.05) is 25.6 Å². The quantitative estimate of drug-likeness (QED) is 0.437. The lowest BCUT2D eigenvalue weighted by Gasteiger charge is -2.08. The SMILES string of the molecule is CCOc1ccc(OCC(=O)Nc2ccc3nc(-c4cccc(OC)c4)oc3c2)cc1. The van der Waals surface area contributed by atoms with E-state index in [-0.39, 0.29) is 12.5 Å². The van der Waals surface area contributed by atoms with Crippen molar-refractivity contribution in [3.63, 3.8) is 0 Å². The van der Waals surface area contributed by atoms with Gasteiger partial charge in [0.25, 0.3) is 5.91 Å². The molecule has 1 aromatic heterocycles. The van der Waals surface area contributed by atoms with E-state index in [0.717, 1.165) is 17.1 Å². The number of anilines is 1. The van der Waals surface area contributed by atoms with Crippen LogP contribution in [0.3, 0.4) is 0 Å². The van der Waals surface area contributed by atoms with Gasteiger partial charge in [-0.3, -0.25) is 4.79 Å². The van der Waals surface area contributed by atoms with Crippen LogP contribution in [0.5, 0.6) is 17.2 Å². The highest BCUT2D eigenvalue weighted by Crippen LogP contribution is 2.28. The van der Waals surface area contributed by atoms with E-state index in [1.807, 2.05) is 31.2 Å². The fourth-order valence-corrected chi connectivity index (χ4v) is 3.03. The summed E-state index contributed by atoms with van der Waals surface area (Å²) in [5.41, 5.74) is 2.68. The van der Waals surface area contributed by atoms with Crippen molar-refractivity contribution in [3.05, 3.63) is 66.7 Å². The number of hydrogen-bond acceptors (Lipinski definition) is 6. The van der Waals surface area contributed by atoms with Gasteiger partial charge in [0.05, 0.1) is 13.7 Å². The van der Waals surface area contributed by atoms with Crippen LogP contribution in [-0.2, 0) is 4.79 Å². The lowest BCUT2D eigenvalue weighted by Crippen LogP contribution is -2.20. The standard InChI is InChI=1S/C24H22N2O5/c1-3-29-18-8-10-19(11-9-18)30-15-23(27)25-17-7-12-21-22(14-17)31-24(26-21)16-5-4-6-20(13-16)28-2/h4-14H,3,15H2,1-2H3,(H,25,27). The molecule has 0 spiro atoms. The van der Waals surface area contributed by atoms with E-state index in [9.17, 15) is 4.79 Å². The highest BCUT2D eigenvalue weighted by Gasteiger charge is 2.11.